The summed E-state index contributed by atoms with van der Waals surface area (Å²) in [4.78, 5) is 0. The molecular weight excluding hydrogens is 416 g/mol. The molecule has 10 nitrogen and oxygen atoms in total. The van der Waals surface area contributed by atoms with Crippen LogP contribution in [0.4, 0.5) is 0 Å². The summed E-state index contributed by atoms with van der Waals surface area (Å²) < 4.78 is 0. The van der Waals surface area contributed by atoms with Crippen molar-refractivity contribution in [1.29, 1.82) is 0 Å². The normalized spacial score (nSPS) is 24.0. The summed E-state index contributed by atoms with van der Waals surface area (Å²) in [5.74, 6) is 0. The van der Waals surface area contributed by atoms with E-state index in [1.54, 1.807) is 0 Å². The predicted molar refractivity (Wildman–Crippen MR) is 143 cm³/mol. The first-order valence-electron chi connectivity index (χ1n) is 13.6. The van der Waals surface area contributed by atoms with E-state index < -0.39 is 0 Å². The largest absolute Gasteiger partial charge is 0.317 e. The minimum absolute atomic E-state index is 1.07. The van der Waals surface area contributed by atoms with E-state index in [1.807, 2.05) is 0 Å². The van der Waals surface area contributed by atoms with Crippen LogP contribution in [0.2, 0.25) is 0 Å². The molecule has 3 fully saturated rings. The molecule has 10 N–H and O–H groups in total. The lowest BCUT2D eigenvalue weighted by Gasteiger charge is -2.11. The maximum absolute atomic E-state index is 3.42. The molecule has 0 aromatic heterocycles. The Labute approximate surface area is 203 Å². The summed E-state index contributed by atoms with van der Waals surface area (Å²) in [6, 6.07) is 0. The Morgan fingerprint density at radius 2 is 0.273 bits per heavy atom. The fourth-order valence-corrected chi connectivity index (χ4v) is 3.50. The Morgan fingerprint density at radius 3 is 0.424 bits per heavy atom. The average Bonchev–Trinajstić information content (AvgIpc) is 2.97. The quantitative estimate of drug-likeness (QED) is 0.179. The molecule has 3 aliphatic rings. The second-order valence-corrected chi connectivity index (χ2v) is 8.56. The summed E-state index contributed by atoms with van der Waals surface area (Å²) >= 11 is 0. The van der Waals surface area contributed by atoms with E-state index in [1.165, 1.54) is 19.3 Å². The van der Waals surface area contributed by atoms with Crippen molar-refractivity contribution >= 4 is 0 Å². The molecule has 0 aliphatic carbocycles. The van der Waals surface area contributed by atoms with Gasteiger partial charge in [-0.05, 0) is 58.5 Å². The zero-order chi connectivity index (χ0) is 23.3. The van der Waals surface area contributed by atoms with Gasteiger partial charge in [0.1, 0.15) is 0 Å². The van der Waals surface area contributed by atoms with E-state index in [9.17, 15) is 0 Å². The minimum Gasteiger partial charge on any atom is -0.317 e. The highest BCUT2D eigenvalue weighted by atomic mass is 15.0. The lowest BCUT2D eigenvalue weighted by molar-refractivity contribution is 0.527. The molecule has 0 amide bonds. The van der Waals surface area contributed by atoms with Crippen LogP contribution in [-0.4, -0.2) is 131 Å². The lowest BCUT2D eigenvalue weighted by atomic mass is 10.3. The zero-order valence-corrected chi connectivity index (χ0v) is 21.3. The standard InChI is InChI=1S/C9H21N3.C8H20N4.C6H15N3/c1-4-10-6-2-8-12-9-3-7-11-5-1;1-2-10-5-6-12-8-7-11-4-3-9-1;1-2-8-5-6-9-4-3-7-1/h10-12H,1-9H2;9-12H,1-8H2;7-9H,1-6H2. The second kappa shape index (κ2) is 27.8. The molecular formula is C23H56N10. The molecule has 198 valence electrons. The summed E-state index contributed by atoms with van der Waals surface area (Å²) in [7, 11) is 0. The smallest absolute Gasteiger partial charge is 0.00772 e. The monoisotopic (exact) mass is 472 g/mol. The molecule has 10 heteroatoms. The molecule has 33 heavy (non-hydrogen) atoms. The number of hydrogen-bond donors (Lipinski definition) is 10. The van der Waals surface area contributed by atoms with E-state index in [4.69, 9.17) is 0 Å². The first-order valence-corrected chi connectivity index (χ1v) is 13.6. The Kier molecular flexibility index (Phi) is 25.8. The summed E-state index contributed by atoms with van der Waals surface area (Å²) in [5, 5.41) is 33.6. The van der Waals surface area contributed by atoms with E-state index in [-0.39, 0.29) is 0 Å². The number of rotatable bonds is 0. The molecule has 0 aromatic rings. The van der Waals surface area contributed by atoms with E-state index in [2.05, 4.69) is 53.2 Å². The maximum Gasteiger partial charge on any atom is 0.00772 e. The molecule has 0 aromatic carbocycles. The molecule has 3 heterocycles. The van der Waals surface area contributed by atoms with Crippen LogP contribution >= 0.6 is 0 Å². The molecule has 3 saturated heterocycles. The van der Waals surface area contributed by atoms with Crippen molar-refractivity contribution in [2.45, 2.75) is 19.3 Å². The zero-order valence-electron chi connectivity index (χ0n) is 21.3. The van der Waals surface area contributed by atoms with Crippen LogP contribution < -0.4 is 53.2 Å². The third-order valence-electron chi connectivity index (χ3n) is 5.47. The van der Waals surface area contributed by atoms with Crippen LogP contribution in [0.1, 0.15) is 19.3 Å². The van der Waals surface area contributed by atoms with Crippen molar-refractivity contribution < 1.29 is 0 Å². The van der Waals surface area contributed by atoms with Gasteiger partial charge >= 0.3 is 0 Å². The highest BCUT2D eigenvalue weighted by molar-refractivity contribution is 4.61. The average molecular weight is 473 g/mol. The van der Waals surface area contributed by atoms with E-state index in [0.29, 0.717) is 0 Å². The molecule has 3 aliphatic heterocycles. The fourth-order valence-electron chi connectivity index (χ4n) is 3.50. The van der Waals surface area contributed by atoms with Crippen molar-refractivity contribution in [3.63, 3.8) is 0 Å². The molecule has 0 bridgehead atoms. The van der Waals surface area contributed by atoms with Crippen LogP contribution in [-0.2, 0) is 0 Å². The van der Waals surface area contributed by atoms with Gasteiger partial charge in [0.05, 0.1) is 0 Å². The molecule has 0 atom stereocenters. The number of hydrogen-bond acceptors (Lipinski definition) is 10. The third-order valence-corrected chi connectivity index (χ3v) is 5.47. The second-order valence-electron chi connectivity index (χ2n) is 8.56. The van der Waals surface area contributed by atoms with Gasteiger partial charge in [0.2, 0.25) is 0 Å². The van der Waals surface area contributed by atoms with Crippen LogP contribution in [0.25, 0.3) is 0 Å². The van der Waals surface area contributed by atoms with Crippen LogP contribution in [0.3, 0.4) is 0 Å². The highest BCUT2D eigenvalue weighted by Gasteiger charge is 1.94. The Morgan fingerprint density at radius 1 is 0.152 bits per heavy atom. The summed E-state index contributed by atoms with van der Waals surface area (Å²) in [5.41, 5.74) is 0. The van der Waals surface area contributed by atoms with Crippen molar-refractivity contribution in [3.8, 4) is 0 Å². The van der Waals surface area contributed by atoms with Gasteiger partial charge < -0.3 is 53.2 Å². The first kappa shape index (κ1) is 30.6. The van der Waals surface area contributed by atoms with Gasteiger partial charge in [-0.3, -0.25) is 0 Å². The topological polar surface area (TPSA) is 120 Å². The summed E-state index contributed by atoms with van der Waals surface area (Å²) in [6.07, 6.45) is 3.77. The molecule has 0 spiro atoms. The van der Waals surface area contributed by atoms with E-state index in [0.717, 1.165) is 131 Å². The van der Waals surface area contributed by atoms with Gasteiger partial charge in [0.15, 0.2) is 0 Å². The molecule has 0 unspecified atom stereocenters. The Hall–Kier alpha value is -0.400. The minimum atomic E-state index is 1.07. The first-order chi connectivity index (χ1) is 16.5. The van der Waals surface area contributed by atoms with Crippen molar-refractivity contribution in [3.05, 3.63) is 0 Å². The molecule has 0 radical (unpaired) electrons. The fraction of sp³-hybridized carbons (Fsp3) is 1.00. The predicted octanol–water partition coefficient (Wildman–Crippen LogP) is -2.93. The van der Waals surface area contributed by atoms with Gasteiger partial charge in [-0.1, -0.05) is 0 Å². The van der Waals surface area contributed by atoms with Gasteiger partial charge in [-0.15, -0.1) is 0 Å². The SMILES string of the molecule is C1CNCCCNCCCNC1.C1CNCCNCCN1.C1CNCCNCCNCCN1. The van der Waals surface area contributed by atoms with Crippen LogP contribution in [0.15, 0.2) is 0 Å². The third kappa shape index (κ3) is 26.1. The highest BCUT2D eigenvalue weighted by Crippen LogP contribution is 1.81. The lowest BCUT2D eigenvalue weighted by Crippen LogP contribution is -2.39. The summed E-state index contributed by atoms with van der Waals surface area (Å²) in [6.45, 7) is 22.1. The van der Waals surface area contributed by atoms with Gasteiger partial charge in [-0.25, -0.2) is 0 Å². The van der Waals surface area contributed by atoms with Crippen molar-refractivity contribution in [1.82, 2.24) is 53.2 Å². The van der Waals surface area contributed by atoms with Crippen molar-refractivity contribution in [2.24, 2.45) is 0 Å². The van der Waals surface area contributed by atoms with Crippen molar-refractivity contribution in [2.75, 3.05) is 131 Å². The Bertz CT molecular complexity index is 224. The Balaban J connectivity index is 0.000000250. The van der Waals surface area contributed by atoms with Gasteiger partial charge in [0.25, 0.3) is 0 Å². The molecule has 0 saturated carbocycles. The van der Waals surface area contributed by atoms with Gasteiger partial charge in [-0.2, -0.15) is 0 Å². The van der Waals surface area contributed by atoms with Crippen LogP contribution in [0.5, 0.6) is 0 Å². The van der Waals surface area contributed by atoms with E-state index >= 15 is 0 Å². The maximum atomic E-state index is 3.42. The van der Waals surface area contributed by atoms with Crippen LogP contribution in [0, 0.1) is 0 Å². The number of nitrogens with one attached hydrogen (secondary N) is 10. The molecule has 3 rings (SSSR count). The van der Waals surface area contributed by atoms with Gasteiger partial charge in [0, 0.05) is 91.6 Å².